The fourth-order valence-electron chi connectivity index (χ4n) is 1.53. The van der Waals surface area contributed by atoms with Crippen molar-refractivity contribution in [2.24, 2.45) is 0 Å². The quantitative estimate of drug-likeness (QED) is 0.686. The van der Waals surface area contributed by atoms with E-state index in [-0.39, 0.29) is 6.10 Å². The van der Waals surface area contributed by atoms with Crippen LogP contribution in [0.4, 0.5) is 0 Å². The zero-order valence-corrected chi connectivity index (χ0v) is 11.3. The Hall–Kier alpha value is 0.412. The molecule has 0 aliphatic carbocycles. The summed E-state index contributed by atoms with van der Waals surface area (Å²) in [6, 6.07) is 0. The van der Waals surface area contributed by atoms with Gasteiger partial charge in [0.1, 0.15) is 0 Å². The van der Waals surface area contributed by atoms with E-state index in [0.717, 1.165) is 6.42 Å². The molecule has 0 saturated heterocycles. The van der Waals surface area contributed by atoms with E-state index in [1.807, 2.05) is 13.8 Å². The van der Waals surface area contributed by atoms with Crippen LogP contribution in [0.2, 0.25) is 0 Å². The highest BCUT2D eigenvalue weighted by Gasteiger charge is 2.49. The van der Waals surface area contributed by atoms with Gasteiger partial charge in [0.25, 0.3) is 0 Å². The Kier molecular flexibility index (Phi) is 5.11. The molecule has 0 aromatic carbocycles. The molecule has 0 saturated carbocycles. The van der Waals surface area contributed by atoms with Gasteiger partial charge in [-0.25, -0.2) is 0 Å². The van der Waals surface area contributed by atoms with Gasteiger partial charge in [-0.3, -0.25) is 0 Å². The lowest BCUT2D eigenvalue weighted by molar-refractivity contribution is 0.0552. The lowest BCUT2D eigenvalue weighted by Crippen LogP contribution is -2.58. The zero-order valence-electron chi connectivity index (χ0n) is 10.2. The summed E-state index contributed by atoms with van der Waals surface area (Å²) >= 11 is -2.07. The fraction of sp³-hybridized carbons (Fsp3) is 1.00. The van der Waals surface area contributed by atoms with Crippen LogP contribution >= 0.6 is 0 Å². The van der Waals surface area contributed by atoms with Gasteiger partial charge in [0.15, 0.2) is 0 Å². The average Bonchev–Trinajstić information content (AvgIpc) is 1.95. The predicted molar refractivity (Wildman–Crippen MR) is 59.2 cm³/mol. The third kappa shape index (κ3) is 4.77. The Morgan fingerprint density at radius 2 is 1.50 bits per heavy atom. The molecule has 0 fully saturated rings. The summed E-state index contributed by atoms with van der Waals surface area (Å²) < 4.78 is 3.97. The summed E-state index contributed by atoms with van der Waals surface area (Å²) in [6.45, 7) is 10.9. The maximum absolute atomic E-state index is 9.93. The van der Waals surface area contributed by atoms with E-state index in [1.165, 1.54) is 0 Å². The first-order valence-electron chi connectivity index (χ1n) is 5.19. The van der Waals surface area contributed by atoms with Crippen molar-refractivity contribution < 1.29 is 14.0 Å². The monoisotopic (exact) mass is 218 g/mol. The molecule has 0 aromatic heterocycles. The van der Waals surface area contributed by atoms with E-state index in [1.54, 1.807) is 27.7 Å². The molecule has 0 aliphatic rings. The largest absolute Gasteiger partial charge is 0.529 e. The van der Waals surface area contributed by atoms with Gasteiger partial charge in [-0.15, -0.1) is 0 Å². The van der Waals surface area contributed by atoms with Crippen LogP contribution in [0.3, 0.4) is 0 Å². The molecule has 0 rings (SSSR count). The van der Waals surface area contributed by atoms with Crippen LogP contribution in [0.15, 0.2) is 0 Å². The molecule has 2 N–H and O–H groups in total. The van der Waals surface area contributed by atoms with Crippen molar-refractivity contribution in [3.8, 4) is 0 Å². The summed E-state index contributed by atoms with van der Waals surface area (Å²) in [7, 11) is 0. The summed E-state index contributed by atoms with van der Waals surface area (Å²) in [4.78, 5) is 0. The van der Waals surface area contributed by atoms with Crippen LogP contribution < -0.4 is 0 Å². The van der Waals surface area contributed by atoms with Gasteiger partial charge in [-0.2, -0.15) is 0 Å². The minimum Gasteiger partial charge on any atom is -0.496 e. The Morgan fingerprint density at radius 3 is 1.71 bits per heavy atom. The van der Waals surface area contributed by atoms with Gasteiger partial charge in [-0.1, -0.05) is 6.92 Å². The highest BCUT2D eigenvalue weighted by Crippen LogP contribution is 2.21. The van der Waals surface area contributed by atoms with Crippen LogP contribution in [-0.2, 0) is 3.79 Å². The van der Waals surface area contributed by atoms with Gasteiger partial charge in [0.05, 0.1) is 0 Å². The highest BCUT2D eigenvalue weighted by molar-refractivity contribution is 6.58. The molecule has 0 heterocycles. The van der Waals surface area contributed by atoms with Gasteiger partial charge < -0.3 is 14.0 Å². The molecule has 0 aromatic rings. The van der Waals surface area contributed by atoms with Crippen molar-refractivity contribution in [2.45, 2.75) is 63.0 Å². The summed E-state index contributed by atoms with van der Waals surface area (Å²) in [5.74, 6) is 0. The topological polar surface area (TPSA) is 49.7 Å². The second-order valence-electron chi connectivity index (χ2n) is 5.04. The van der Waals surface area contributed by atoms with Crippen molar-refractivity contribution in [2.75, 3.05) is 0 Å². The zero-order chi connectivity index (χ0) is 11.6. The summed E-state index contributed by atoms with van der Waals surface area (Å²) in [6.07, 6.45) is 1.000. The van der Waals surface area contributed by atoms with E-state index in [2.05, 4.69) is 0 Å². The maximum Gasteiger partial charge on any atom is 0.529 e. The Morgan fingerprint density at radius 1 is 1.14 bits per heavy atom. The highest BCUT2D eigenvalue weighted by atomic mass is 27.2. The van der Waals surface area contributed by atoms with Crippen LogP contribution in [0.5, 0.6) is 0 Å². The molecule has 0 spiro atoms. The molecular weight excluding hydrogens is 195 g/mol. The first-order chi connectivity index (χ1) is 6.09. The lowest BCUT2D eigenvalue weighted by Gasteiger charge is -2.34. The van der Waals surface area contributed by atoms with E-state index < -0.39 is 23.4 Å². The molecule has 0 radical (unpaired) electrons. The van der Waals surface area contributed by atoms with Crippen molar-refractivity contribution in [1.29, 1.82) is 0 Å². The predicted octanol–water partition coefficient (Wildman–Crippen LogP) is 1.41. The Balaban J connectivity index is 4.59. The molecule has 3 nitrogen and oxygen atoms in total. The first kappa shape index (κ1) is 14.4. The van der Waals surface area contributed by atoms with Gasteiger partial charge in [0, 0.05) is 15.0 Å². The van der Waals surface area contributed by atoms with Crippen molar-refractivity contribution in [3.63, 3.8) is 0 Å². The Bertz CT molecular complexity index is 155. The molecule has 1 atom stereocenters. The molecule has 14 heavy (non-hydrogen) atoms. The van der Waals surface area contributed by atoms with E-state index in [4.69, 9.17) is 3.79 Å². The number of aliphatic hydroxyl groups is 2. The fourth-order valence-corrected chi connectivity index (χ4v) is 4.58. The maximum atomic E-state index is 9.93. The second kappa shape index (κ2) is 4.96. The van der Waals surface area contributed by atoms with Crippen molar-refractivity contribution in [3.05, 3.63) is 0 Å². The molecule has 0 bridgehead atoms. The van der Waals surface area contributed by atoms with Crippen molar-refractivity contribution in [1.82, 2.24) is 0 Å². The smallest absolute Gasteiger partial charge is 0.496 e. The summed E-state index contributed by atoms with van der Waals surface area (Å²) in [5.41, 5.74) is 0. The van der Waals surface area contributed by atoms with Gasteiger partial charge in [-0.05, 0) is 41.0 Å². The van der Waals surface area contributed by atoms with E-state index >= 15 is 0 Å². The van der Waals surface area contributed by atoms with E-state index in [0.29, 0.717) is 0 Å². The third-order valence-corrected chi connectivity index (χ3v) is 5.53. The van der Waals surface area contributed by atoms with E-state index in [9.17, 15) is 10.2 Å². The molecule has 4 heteroatoms. The molecule has 1 unspecified atom stereocenters. The molecule has 0 amide bonds. The number of rotatable bonds is 5. The number of hydrogen-bond acceptors (Lipinski definition) is 3. The standard InChI is InChI=1S/C4H9O.2C3H7O.Al/c1-3-4(2)5;2*1-3(2)4;/h4H,3H2,1-2H3;2*4H,1-2H3;/q-1;;;+1. The van der Waals surface area contributed by atoms with Gasteiger partial charge in [0.2, 0.25) is 0 Å². The minimum absolute atomic E-state index is 0.101. The molecule has 84 valence electrons. The SMILES string of the molecule is CCC(C)[O][Al]([C](C)(C)O)[C](C)(C)O. The average molecular weight is 218 g/mol. The normalized spacial score (nSPS) is 15.4. The van der Waals surface area contributed by atoms with Crippen LogP contribution in [0.25, 0.3) is 0 Å². The minimum atomic E-state index is -2.07. The lowest BCUT2D eigenvalue weighted by atomic mass is 10.3. The van der Waals surface area contributed by atoms with Gasteiger partial charge >= 0.3 is 14.5 Å². The third-order valence-electron chi connectivity index (χ3n) is 2.23. The van der Waals surface area contributed by atoms with Crippen LogP contribution in [-0.4, -0.2) is 39.7 Å². The Labute approximate surface area is 91.8 Å². The van der Waals surface area contributed by atoms with Crippen LogP contribution in [0, 0.1) is 0 Å². The van der Waals surface area contributed by atoms with Crippen LogP contribution in [0.1, 0.15) is 48.0 Å². The first-order valence-corrected chi connectivity index (χ1v) is 6.81. The molecular formula is C10H23AlO3. The number of hydrogen-bond donors (Lipinski definition) is 2. The second-order valence-corrected chi connectivity index (χ2v) is 8.90. The molecule has 0 aliphatic heterocycles. The summed E-state index contributed by atoms with van der Waals surface area (Å²) in [5, 5.41) is 19.9. The van der Waals surface area contributed by atoms with Crippen molar-refractivity contribution >= 4 is 14.5 Å².